The summed E-state index contributed by atoms with van der Waals surface area (Å²) < 4.78 is 21.5. The van der Waals surface area contributed by atoms with Crippen LogP contribution in [-0.4, -0.2) is 48.1 Å². The summed E-state index contributed by atoms with van der Waals surface area (Å²) in [5, 5.41) is 13.6. The van der Waals surface area contributed by atoms with Crippen LogP contribution in [0.3, 0.4) is 0 Å². The fourth-order valence-corrected chi connectivity index (χ4v) is 2.65. The molecule has 0 fully saturated rings. The summed E-state index contributed by atoms with van der Waals surface area (Å²) in [6.07, 6.45) is 1.82. The highest BCUT2D eigenvalue weighted by molar-refractivity contribution is 7.84. The molecule has 0 aromatic heterocycles. The summed E-state index contributed by atoms with van der Waals surface area (Å²) in [5.41, 5.74) is 0.690. The van der Waals surface area contributed by atoms with Crippen molar-refractivity contribution in [1.29, 1.82) is 0 Å². The lowest BCUT2D eigenvalue weighted by molar-refractivity contribution is 0.166. The van der Waals surface area contributed by atoms with Gasteiger partial charge in [-0.25, -0.2) is 0 Å². The van der Waals surface area contributed by atoms with Crippen LogP contribution in [0.4, 0.5) is 0 Å². The molecule has 5 nitrogen and oxygen atoms in total. The monoisotopic (exact) mass is 315 g/mol. The standard InChI is InChI=1S/C15H25NO4S/c1-11(7-8-21(4)18)16-10-14(17)13-9-12(19-2)5-6-15(13)20-3/h5-6,9,11,14,16-17H,7-8,10H2,1-4H3. The molecule has 1 rings (SSSR count). The third kappa shape index (κ3) is 6.03. The Morgan fingerprint density at radius 3 is 2.62 bits per heavy atom. The van der Waals surface area contributed by atoms with Gasteiger partial charge in [-0.1, -0.05) is 0 Å². The van der Waals surface area contributed by atoms with Crippen molar-refractivity contribution in [3.8, 4) is 11.5 Å². The number of rotatable bonds is 9. The normalized spacial score (nSPS) is 15.3. The predicted octanol–water partition coefficient (Wildman–Crippen LogP) is 1.48. The average Bonchev–Trinajstić information content (AvgIpc) is 2.49. The number of aliphatic hydroxyl groups is 1. The fourth-order valence-electron chi connectivity index (χ4n) is 1.97. The highest BCUT2D eigenvalue weighted by atomic mass is 32.2. The number of nitrogens with one attached hydrogen (secondary N) is 1. The maximum absolute atomic E-state index is 11.1. The zero-order valence-corrected chi connectivity index (χ0v) is 13.9. The van der Waals surface area contributed by atoms with E-state index in [2.05, 4.69) is 5.32 Å². The highest BCUT2D eigenvalue weighted by Crippen LogP contribution is 2.29. The maximum Gasteiger partial charge on any atom is 0.124 e. The van der Waals surface area contributed by atoms with Crippen LogP contribution in [0.5, 0.6) is 11.5 Å². The van der Waals surface area contributed by atoms with Crippen LogP contribution in [0.2, 0.25) is 0 Å². The van der Waals surface area contributed by atoms with Crippen molar-refractivity contribution in [3.05, 3.63) is 23.8 Å². The van der Waals surface area contributed by atoms with Crippen molar-refractivity contribution >= 4 is 10.8 Å². The fraction of sp³-hybridized carbons (Fsp3) is 0.600. The number of aliphatic hydroxyl groups excluding tert-OH is 1. The lowest BCUT2D eigenvalue weighted by atomic mass is 10.1. The molecule has 0 amide bonds. The number of benzene rings is 1. The molecular formula is C15H25NO4S. The molecule has 0 radical (unpaired) electrons. The van der Waals surface area contributed by atoms with Gasteiger partial charge in [-0.2, -0.15) is 0 Å². The summed E-state index contributed by atoms with van der Waals surface area (Å²) in [4.78, 5) is 0. The highest BCUT2D eigenvalue weighted by Gasteiger charge is 2.15. The zero-order chi connectivity index (χ0) is 15.8. The van der Waals surface area contributed by atoms with Gasteiger partial charge in [-0.15, -0.1) is 0 Å². The SMILES string of the molecule is COc1ccc(OC)c(C(O)CNC(C)CCS(C)=O)c1. The molecule has 0 bridgehead atoms. The van der Waals surface area contributed by atoms with Crippen molar-refractivity contribution in [2.45, 2.75) is 25.5 Å². The molecule has 120 valence electrons. The topological polar surface area (TPSA) is 67.8 Å². The van der Waals surface area contributed by atoms with Crippen LogP contribution in [-0.2, 0) is 10.8 Å². The molecule has 3 atom stereocenters. The third-order valence-corrected chi connectivity index (χ3v) is 4.10. The Morgan fingerprint density at radius 2 is 2.05 bits per heavy atom. The van der Waals surface area contributed by atoms with Gasteiger partial charge in [-0.3, -0.25) is 4.21 Å². The van der Waals surface area contributed by atoms with E-state index in [1.807, 2.05) is 6.92 Å². The maximum atomic E-state index is 11.1. The molecule has 0 aliphatic rings. The van der Waals surface area contributed by atoms with Crippen LogP contribution in [0.15, 0.2) is 18.2 Å². The molecule has 0 saturated heterocycles. The first-order valence-corrected chi connectivity index (χ1v) is 8.64. The van der Waals surface area contributed by atoms with Crippen molar-refractivity contribution < 1.29 is 18.8 Å². The first-order valence-electron chi connectivity index (χ1n) is 6.91. The van der Waals surface area contributed by atoms with Gasteiger partial charge in [0.15, 0.2) is 0 Å². The van der Waals surface area contributed by atoms with E-state index in [1.54, 1.807) is 38.7 Å². The Hall–Kier alpha value is -1.11. The van der Waals surface area contributed by atoms with Crippen molar-refractivity contribution in [2.24, 2.45) is 0 Å². The molecule has 1 aromatic carbocycles. The molecule has 0 aliphatic carbocycles. The molecule has 6 heteroatoms. The summed E-state index contributed by atoms with van der Waals surface area (Å²) in [6.45, 7) is 2.42. The van der Waals surface area contributed by atoms with E-state index in [0.29, 0.717) is 29.4 Å². The quantitative estimate of drug-likeness (QED) is 0.722. The molecule has 1 aromatic rings. The van der Waals surface area contributed by atoms with Crippen LogP contribution in [0.25, 0.3) is 0 Å². The first kappa shape index (κ1) is 17.9. The van der Waals surface area contributed by atoms with Crippen LogP contribution >= 0.6 is 0 Å². The average molecular weight is 315 g/mol. The van der Waals surface area contributed by atoms with Gasteiger partial charge in [0.1, 0.15) is 11.5 Å². The Kier molecular flexibility index (Phi) is 7.71. The van der Waals surface area contributed by atoms with Gasteiger partial charge >= 0.3 is 0 Å². The molecule has 21 heavy (non-hydrogen) atoms. The van der Waals surface area contributed by atoms with Gasteiger partial charge < -0.3 is 19.9 Å². The molecule has 3 unspecified atom stereocenters. The Morgan fingerprint density at radius 1 is 1.33 bits per heavy atom. The van der Waals surface area contributed by atoms with Gasteiger partial charge in [0.2, 0.25) is 0 Å². The third-order valence-electron chi connectivity index (χ3n) is 3.29. The van der Waals surface area contributed by atoms with E-state index in [-0.39, 0.29) is 6.04 Å². The molecular weight excluding hydrogens is 290 g/mol. The van der Waals surface area contributed by atoms with E-state index in [1.165, 1.54) is 0 Å². The second-order valence-electron chi connectivity index (χ2n) is 5.00. The summed E-state index contributed by atoms with van der Waals surface area (Å²) in [6, 6.07) is 5.54. The van der Waals surface area contributed by atoms with Crippen LogP contribution in [0, 0.1) is 0 Å². The molecule has 0 spiro atoms. The smallest absolute Gasteiger partial charge is 0.124 e. The predicted molar refractivity (Wildman–Crippen MR) is 85.5 cm³/mol. The summed E-state index contributed by atoms with van der Waals surface area (Å²) in [5.74, 6) is 1.97. The Bertz CT molecular complexity index is 467. The minimum atomic E-state index is -0.785. The van der Waals surface area contributed by atoms with Crippen molar-refractivity contribution in [2.75, 3.05) is 32.8 Å². The van der Waals surface area contributed by atoms with E-state index >= 15 is 0 Å². The van der Waals surface area contributed by atoms with Crippen LogP contribution < -0.4 is 14.8 Å². The Balaban J connectivity index is 2.62. The van der Waals surface area contributed by atoms with Gasteiger partial charge in [0.05, 0.1) is 20.3 Å². The first-order chi connectivity index (χ1) is 9.97. The number of methoxy groups -OCH3 is 2. The van der Waals surface area contributed by atoms with E-state index in [4.69, 9.17) is 9.47 Å². The molecule has 0 aliphatic heterocycles. The molecule has 0 heterocycles. The number of hydrogen-bond acceptors (Lipinski definition) is 5. The van der Waals surface area contributed by atoms with Gasteiger partial charge in [0, 0.05) is 41.0 Å². The minimum Gasteiger partial charge on any atom is -0.497 e. The summed E-state index contributed by atoms with van der Waals surface area (Å²) in [7, 11) is 2.38. The largest absolute Gasteiger partial charge is 0.497 e. The lowest BCUT2D eigenvalue weighted by Crippen LogP contribution is -2.31. The van der Waals surface area contributed by atoms with Crippen LogP contribution in [0.1, 0.15) is 25.0 Å². The van der Waals surface area contributed by atoms with Gasteiger partial charge in [0.25, 0.3) is 0 Å². The molecule has 0 saturated carbocycles. The van der Waals surface area contributed by atoms with Crippen molar-refractivity contribution in [3.63, 3.8) is 0 Å². The van der Waals surface area contributed by atoms with Gasteiger partial charge in [-0.05, 0) is 31.5 Å². The second kappa shape index (κ2) is 9.02. The zero-order valence-electron chi connectivity index (χ0n) is 13.1. The molecule has 2 N–H and O–H groups in total. The van der Waals surface area contributed by atoms with Crippen molar-refractivity contribution in [1.82, 2.24) is 5.32 Å². The number of hydrogen-bond donors (Lipinski definition) is 2. The van der Waals surface area contributed by atoms with E-state index < -0.39 is 16.9 Å². The second-order valence-corrected chi connectivity index (χ2v) is 6.55. The summed E-state index contributed by atoms with van der Waals surface area (Å²) >= 11 is 0. The van der Waals surface area contributed by atoms with E-state index in [0.717, 1.165) is 6.42 Å². The Labute approximate surface area is 129 Å². The number of ether oxygens (including phenoxy) is 2. The lowest BCUT2D eigenvalue weighted by Gasteiger charge is -2.19. The minimum absolute atomic E-state index is 0.195. The van der Waals surface area contributed by atoms with E-state index in [9.17, 15) is 9.32 Å².